The van der Waals surface area contributed by atoms with Gasteiger partial charge in [-0.15, -0.1) is 0 Å². The van der Waals surface area contributed by atoms with Crippen LogP contribution in [0.25, 0.3) is 0 Å². The van der Waals surface area contributed by atoms with Gasteiger partial charge in [0.2, 0.25) is 17.7 Å². The maximum Gasteiger partial charge on any atom is 0.326 e. The Bertz CT molecular complexity index is 864. The fraction of sp³-hybridized carbons (Fsp3) is 0.619. The highest BCUT2D eigenvalue weighted by Gasteiger charge is 2.31. The number of H-pyrrole nitrogens is 1. The van der Waals surface area contributed by atoms with Crippen LogP contribution in [0.5, 0.6) is 0 Å². The second kappa shape index (κ2) is 15.0. The third-order valence-electron chi connectivity index (χ3n) is 5.09. The number of amides is 3. The van der Waals surface area contributed by atoms with E-state index in [-0.39, 0.29) is 31.6 Å². The average molecular weight is 515 g/mol. The molecule has 0 spiro atoms. The lowest BCUT2D eigenvalue weighted by Crippen LogP contribution is -2.58. The standard InChI is InChI=1S/C21H34N6O7S/c1-11(2)17(27-18(30)13(22)4-5-16(28)29)20(32)25-14(6-7-35-3)19(31)26-15(21(33)34)8-12-9-23-10-24-12/h9-11,13-15,17H,4-8,22H2,1-3H3,(H,23,24)(H,25,32)(H,26,31)(H,27,30)(H,28,29)(H,33,34). The number of thioether (sulfide) groups is 1. The van der Waals surface area contributed by atoms with Gasteiger partial charge in [0.15, 0.2) is 0 Å². The first kappa shape index (κ1) is 29.9. The number of carbonyl (C=O) groups excluding carboxylic acids is 3. The van der Waals surface area contributed by atoms with Crippen LogP contribution in [0.15, 0.2) is 12.5 Å². The second-order valence-corrected chi connectivity index (χ2v) is 9.28. The first-order valence-electron chi connectivity index (χ1n) is 11.0. The van der Waals surface area contributed by atoms with Crippen molar-refractivity contribution in [3.8, 4) is 0 Å². The summed E-state index contributed by atoms with van der Waals surface area (Å²) in [6, 6.07) is -4.44. The predicted molar refractivity (Wildman–Crippen MR) is 128 cm³/mol. The van der Waals surface area contributed by atoms with Crippen LogP contribution < -0.4 is 21.7 Å². The fourth-order valence-electron chi connectivity index (χ4n) is 3.06. The molecule has 0 aliphatic heterocycles. The zero-order valence-corrected chi connectivity index (χ0v) is 20.8. The van der Waals surface area contributed by atoms with Crippen LogP contribution in [-0.2, 0) is 30.4 Å². The minimum atomic E-state index is -1.25. The molecule has 1 aromatic heterocycles. The van der Waals surface area contributed by atoms with Crippen LogP contribution in [-0.4, -0.2) is 86.0 Å². The van der Waals surface area contributed by atoms with E-state index in [1.54, 1.807) is 13.8 Å². The number of hydrogen-bond acceptors (Lipinski definition) is 8. The number of imidazole rings is 1. The molecule has 196 valence electrons. The van der Waals surface area contributed by atoms with Gasteiger partial charge in [0.25, 0.3) is 0 Å². The molecule has 35 heavy (non-hydrogen) atoms. The van der Waals surface area contributed by atoms with E-state index < -0.39 is 53.8 Å². The third-order valence-corrected chi connectivity index (χ3v) is 5.73. The minimum absolute atomic E-state index is 0.0246. The summed E-state index contributed by atoms with van der Waals surface area (Å²) in [6.07, 6.45) is 4.48. The molecule has 4 unspecified atom stereocenters. The Morgan fingerprint density at radius 3 is 2.20 bits per heavy atom. The van der Waals surface area contributed by atoms with E-state index in [0.29, 0.717) is 11.4 Å². The van der Waals surface area contributed by atoms with E-state index in [2.05, 4.69) is 25.9 Å². The summed E-state index contributed by atoms with van der Waals surface area (Å²) in [4.78, 5) is 67.3. The zero-order chi connectivity index (χ0) is 26.5. The molecule has 14 heteroatoms. The monoisotopic (exact) mass is 514 g/mol. The Balaban J connectivity index is 2.90. The average Bonchev–Trinajstić information content (AvgIpc) is 3.30. The predicted octanol–water partition coefficient (Wildman–Crippen LogP) is -0.908. The van der Waals surface area contributed by atoms with Crippen molar-refractivity contribution in [2.45, 2.75) is 63.7 Å². The lowest BCUT2D eigenvalue weighted by molar-refractivity contribution is -0.142. The van der Waals surface area contributed by atoms with Gasteiger partial charge in [-0.2, -0.15) is 11.8 Å². The van der Waals surface area contributed by atoms with Crippen LogP contribution in [0.3, 0.4) is 0 Å². The largest absolute Gasteiger partial charge is 0.481 e. The Hall–Kier alpha value is -3.13. The van der Waals surface area contributed by atoms with Gasteiger partial charge < -0.3 is 36.9 Å². The Morgan fingerprint density at radius 2 is 1.69 bits per heavy atom. The van der Waals surface area contributed by atoms with Gasteiger partial charge >= 0.3 is 11.9 Å². The van der Waals surface area contributed by atoms with Crippen molar-refractivity contribution in [1.29, 1.82) is 0 Å². The summed E-state index contributed by atoms with van der Waals surface area (Å²) >= 11 is 1.45. The number of aromatic nitrogens is 2. The maximum absolute atomic E-state index is 13.0. The first-order chi connectivity index (χ1) is 16.5. The molecule has 0 radical (unpaired) electrons. The van der Waals surface area contributed by atoms with Gasteiger partial charge in [-0.3, -0.25) is 19.2 Å². The molecular weight excluding hydrogens is 480 g/mol. The molecule has 8 N–H and O–H groups in total. The number of nitrogens with one attached hydrogen (secondary N) is 4. The molecule has 0 aromatic carbocycles. The number of nitrogens with zero attached hydrogens (tertiary/aromatic N) is 1. The molecule has 0 bridgehead atoms. The van der Waals surface area contributed by atoms with Gasteiger partial charge in [-0.25, -0.2) is 9.78 Å². The lowest BCUT2D eigenvalue weighted by Gasteiger charge is -2.27. The summed E-state index contributed by atoms with van der Waals surface area (Å²) < 4.78 is 0. The lowest BCUT2D eigenvalue weighted by atomic mass is 10.0. The number of nitrogens with two attached hydrogens (primary N) is 1. The molecule has 0 aliphatic rings. The maximum atomic E-state index is 13.0. The van der Waals surface area contributed by atoms with E-state index in [1.807, 2.05) is 6.26 Å². The van der Waals surface area contributed by atoms with Crippen LogP contribution in [0.1, 0.15) is 38.8 Å². The van der Waals surface area contributed by atoms with Crippen molar-refractivity contribution in [3.05, 3.63) is 18.2 Å². The molecule has 0 saturated carbocycles. The van der Waals surface area contributed by atoms with Crippen molar-refractivity contribution in [2.24, 2.45) is 11.7 Å². The summed E-state index contributed by atoms with van der Waals surface area (Å²) in [5, 5.41) is 25.8. The highest BCUT2D eigenvalue weighted by atomic mass is 32.2. The fourth-order valence-corrected chi connectivity index (χ4v) is 3.53. The number of carboxylic acids is 2. The molecular formula is C21H34N6O7S. The van der Waals surface area contributed by atoms with Gasteiger partial charge in [0, 0.05) is 24.7 Å². The van der Waals surface area contributed by atoms with Gasteiger partial charge in [-0.05, 0) is 30.8 Å². The molecule has 1 aromatic rings. The van der Waals surface area contributed by atoms with Gasteiger partial charge in [-0.1, -0.05) is 13.8 Å². The highest BCUT2D eigenvalue weighted by Crippen LogP contribution is 2.08. The highest BCUT2D eigenvalue weighted by molar-refractivity contribution is 7.98. The minimum Gasteiger partial charge on any atom is -0.481 e. The van der Waals surface area contributed by atoms with Crippen molar-refractivity contribution < 1.29 is 34.2 Å². The summed E-state index contributed by atoms with van der Waals surface area (Å²) in [5.41, 5.74) is 6.25. The molecule has 0 aliphatic carbocycles. The quantitative estimate of drug-likeness (QED) is 0.144. The van der Waals surface area contributed by atoms with E-state index >= 15 is 0 Å². The van der Waals surface area contributed by atoms with Crippen LogP contribution in [0.4, 0.5) is 0 Å². The van der Waals surface area contributed by atoms with Crippen molar-refractivity contribution >= 4 is 41.4 Å². The number of rotatable bonds is 16. The zero-order valence-electron chi connectivity index (χ0n) is 19.9. The molecule has 4 atom stereocenters. The number of aromatic amines is 1. The van der Waals surface area contributed by atoms with E-state index in [0.717, 1.165) is 0 Å². The molecule has 1 rings (SSSR count). The number of aliphatic carboxylic acids is 2. The Labute approximate surface area is 207 Å². The number of carbonyl (C=O) groups is 5. The summed E-state index contributed by atoms with van der Waals surface area (Å²) in [7, 11) is 0. The van der Waals surface area contributed by atoms with E-state index in [4.69, 9.17) is 10.8 Å². The van der Waals surface area contributed by atoms with Crippen molar-refractivity contribution in [2.75, 3.05) is 12.0 Å². The summed E-state index contributed by atoms with van der Waals surface area (Å²) in [5.74, 6) is -4.20. The molecule has 1 heterocycles. The van der Waals surface area contributed by atoms with Crippen molar-refractivity contribution in [1.82, 2.24) is 25.9 Å². The molecule has 0 fully saturated rings. The SMILES string of the molecule is CSCCC(NC(=O)C(NC(=O)C(N)CCC(=O)O)C(C)C)C(=O)NC(Cc1cnc[nH]1)C(=O)O. The van der Waals surface area contributed by atoms with Crippen LogP contribution in [0, 0.1) is 5.92 Å². The number of hydrogen-bond donors (Lipinski definition) is 7. The van der Waals surface area contributed by atoms with E-state index in [1.165, 1.54) is 24.3 Å². The van der Waals surface area contributed by atoms with Crippen LogP contribution >= 0.6 is 11.8 Å². The Kier molecular flexibility index (Phi) is 12.8. The normalized spacial score (nSPS) is 14.4. The molecule has 13 nitrogen and oxygen atoms in total. The topological polar surface area (TPSA) is 217 Å². The van der Waals surface area contributed by atoms with Crippen LogP contribution in [0.2, 0.25) is 0 Å². The van der Waals surface area contributed by atoms with Gasteiger partial charge in [0.05, 0.1) is 12.4 Å². The van der Waals surface area contributed by atoms with Gasteiger partial charge in [0.1, 0.15) is 18.1 Å². The molecule has 0 saturated heterocycles. The molecule has 3 amide bonds. The Morgan fingerprint density at radius 1 is 1.03 bits per heavy atom. The third kappa shape index (κ3) is 10.8. The smallest absolute Gasteiger partial charge is 0.326 e. The summed E-state index contributed by atoms with van der Waals surface area (Å²) in [6.45, 7) is 3.38. The first-order valence-corrected chi connectivity index (χ1v) is 12.4. The van der Waals surface area contributed by atoms with E-state index in [9.17, 15) is 29.1 Å². The number of carboxylic acid groups (broad SMARTS) is 2. The van der Waals surface area contributed by atoms with Crippen molar-refractivity contribution in [3.63, 3.8) is 0 Å². The second-order valence-electron chi connectivity index (χ2n) is 8.29.